The average Bonchev–Trinajstić information content (AvgIpc) is 2.98. The standard InChI is InChI=1S/C29H29F2N7O2S/c1-2-21-11-26(36-27-16-34-29(37-28(21)27)35-23-9-20(12-30)14-33-15-23)22-7-8-25(24(31)10-22)38-41(39,40)17-19-5-3-18(13-32)4-6-19/h3-8,10-11,16,20,23,33,38H,2,9,12,14-15,17H2,1H3,(H,34,35,37)/t20-,23+/m1/s1. The molecule has 1 aliphatic heterocycles. The third kappa shape index (κ3) is 6.75. The minimum atomic E-state index is -3.90. The Hall–Kier alpha value is -4.21. The molecule has 1 aliphatic rings. The van der Waals surface area contributed by atoms with Crippen molar-refractivity contribution in [2.75, 3.05) is 29.8 Å². The molecule has 0 radical (unpaired) electrons. The Morgan fingerprint density at radius 1 is 1.12 bits per heavy atom. The van der Waals surface area contributed by atoms with Gasteiger partial charge in [0.25, 0.3) is 0 Å². The first kappa shape index (κ1) is 28.3. The van der Waals surface area contributed by atoms with Crippen LogP contribution in [0.2, 0.25) is 0 Å². The number of hydrogen-bond acceptors (Lipinski definition) is 8. The fraction of sp³-hybridized carbons (Fsp3) is 0.310. The lowest BCUT2D eigenvalue weighted by Gasteiger charge is -2.29. The number of anilines is 2. The van der Waals surface area contributed by atoms with E-state index in [-0.39, 0.29) is 30.1 Å². The van der Waals surface area contributed by atoms with Crippen molar-refractivity contribution in [2.45, 2.75) is 31.6 Å². The van der Waals surface area contributed by atoms with Gasteiger partial charge >= 0.3 is 0 Å². The second-order valence-electron chi connectivity index (χ2n) is 10.1. The van der Waals surface area contributed by atoms with Crippen molar-refractivity contribution in [2.24, 2.45) is 5.92 Å². The van der Waals surface area contributed by atoms with Gasteiger partial charge in [-0.2, -0.15) is 5.26 Å². The van der Waals surface area contributed by atoms with Gasteiger partial charge in [0.2, 0.25) is 16.0 Å². The largest absolute Gasteiger partial charge is 0.350 e. The van der Waals surface area contributed by atoms with Crippen LogP contribution in [-0.4, -0.2) is 49.2 Å². The van der Waals surface area contributed by atoms with Crippen molar-refractivity contribution in [1.82, 2.24) is 20.3 Å². The number of rotatable bonds is 9. The van der Waals surface area contributed by atoms with Crippen LogP contribution < -0.4 is 15.4 Å². The topological polar surface area (TPSA) is 133 Å². The molecule has 0 saturated carbocycles. The Kier molecular flexibility index (Phi) is 8.37. The maximum atomic E-state index is 15.1. The van der Waals surface area contributed by atoms with Gasteiger partial charge in [-0.3, -0.25) is 9.11 Å². The normalized spacial score (nSPS) is 17.2. The minimum Gasteiger partial charge on any atom is -0.350 e. The van der Waals surface area contributed by atoms with E-state index in [1.165, 1.54) is 24.3 Å². The summed E-state index contributed by atoms with van der Waals surface area (Å²) >= 11 is 0. The molecule has 212 valence electrons. The Labute approximate surface area is 237 Å². The lowest BCUT2D eigenvalue weighted by atomic mass is 9.97. The SMILES string of the molecule is CCc1cc(-c2ccc(NS(=O)(=O)Cc3ccc(C#N)cc3)c(F)c2)nc2cnc(N[C@@H]3CNC[C@@H](CF)C3)nc12. The van der Waals surface area contributed by atoms with Crippen LogP contribution in [0.15, 0.2) is 54.7 Å². The first-order valence-corrected chi connectivity index (χ1v) is 14.9. The predicted octanol–water partition coefficient (Wildman–Crippen LogP) is 4.57. The molecule has 3 N–H and O–H groups in total. The molecular formula is C29H29F2N7O2S. The van der Waals surface area contributed by atoms with E-state index in [4.69, 9.17) is 5.26 Å². The van der Waals surface area contributed by atoms with Gasteiger partial charge < -0.3 is 10.6 Å². The molecule has 0 bridgehead atoms. The minimum absolute atomic E-state index is 0.0160. The van der Waals surface area contributed by atoms with E-state index in [0.29, 0.717) is 65.3 Å². The first-order valence-electron chi connectivity index (χ1n) is 13.3. The number of aromatic nitrogens is 3. The molecule has 1 saturated heterocycles. The van der Waals surface area contributed by atoms with Gasteiger partial charge in [0.1, 0.15) is 11.3 Å². The van der Waals surface area contributed by atoms with E-state index < -0.39 is 15.8 Å². The maximum absolute atomic E-state index is 15.1. The van der Waals surface area contributed by atoms with Crippen molar-refractivity contribution in [1.29, 1.82) is 5.26 Å². The number of aryl methyl sites for hydroxylation is 1. The van der Waals surface area contributed by atoms with E-state index in [2.05, 4.69) is 30.3 Å². The molecule has 5 rings (SSSR count). The third-order valence-corrected chi connectivity index (χ3v) is 8.21. The van der Waals surface area contributed by atoms with Gasteiger partial charge in [-0.25, -0.2) is 27.8 Å². The number of fused-ring (bicyclic) bond motifs is 1. The number of piperidine rings is 1. The summed E-state index contributed by atoms with van der Waals surface area (Å²) in [7, 11) is -3.90. The number of benzene rings is 2. The highest BCUT2D eigenvalue weighted by molar-refractivity contribution is 7.91. The quantitative estimate of drug-likeness (QED) is 0.264. The van der Waals surface area contributed by atoms with Crippen LogP contribution in [0.4, 0.5) is 20.4 Å². The fourth-order valence-corrected chi connectivity index (χ4v) is 6.08. The fourth-order valence-electron chi connectivity index (χ4n) is 4.87. The Morgan fingerprint density at radius 2 is 1.93 bits per heavy atom. The van der Waals surface area contributed by atoms with E-state index in [0.717, 1.165) is 5.56 Å². The number of hydrogen-bond donors (Lipinski definition) is 3. The number of alkyl halides is 1. The molecule has 0 amide bonds. The van der Waals surface area contributed by atoms with E-state index >= 15 is 4.39 Å². The molecule has 12 heteroatoms. The smallest absolute Gasteiger partial charge is 0.237 e. The molecule has 41 heavy (non-hydrogen) atoms. The number of nitriles is 1. The van der Waals surface area contributed by atoms with Gasteiger partial charge in [0.15, 0.2) is 0 Å². The highest BCUT2D eigenvalue weighted by atomic mass is 32.2. The number of pyridine rings is 1. The zero-order valence-electron chi connectivity index (χ0n) is 22.4. The molecule has 0 aliphatic carbocycles. The summed E-state index contributed by atoms with van der Waals surface area (Å²) in [6, 6.07) is 14.2. The highest BCUT2D eigenvalue weighted by Crippen LogP contribution is 2.28. The predicted molar refractivity (Wildman–Crippen MR) is 154 cm³/mol. The van der Waals surface area contributed by atoms with Crippen LogP contribution in [0, 0.1) is 23.1 Å². The summed E-state index contributed by atoms with van der Waals surface area (Å²) in [5, 5.41) is 15.4. The molecule has 9 nitrogen and oxygen atoms in total. The summed E-state index contributed by atoms with van der Waals surface area (Å²) in [5.74, 6) is -0.705. The first-order chi connectivity index (χ1) is 19.8. The second kappa shape index (κ2) is 12.1. The number of nitrogens with one attached hydrogen (secondary N) is 3. The monoisotopic (exact) mass is 577 g/mol. The van der Waals surface area contributed by atoms with Crippen molar-refractivity contribution >= 4 is 32.7 Å². The third-order valence-electron chi connectivity index (χ3n) is 6.97. The van der Waals surface area contributed by atoms with Crippen LogP contribution in [0.25, 0.3) is 22.3 Å². The molecule has 2 atom stereocenters. The van der Waals surface area contributed by atoms with Crippen LogP contribution in [0.3, 0.4) is 0 Å². The van der Waals surface area contributed by atoms with Crippen LogP contribution in [0.5, 0.6) is 0 Å². The summed E-state index contributed by atoms with van der Waals surface area (Å²) < 4.78 is 55.8. The summed E-state index contributed by atoms with van der Waals surface area (Å²) in [6.07, 6.45) is 2.95. The highest BCUT2D eigenvalue weighted by Gasteiger charge is 2.22. The van der Waals surface area contributed by atoms with Crippen molar-refractivity contribution in [3.63, 3.8) is 0 Å². The zero-order chi connectivity index (χ0) is 29.0. The van der Waals surface area contributed by atoms with Crippen LogP contribution >= 0.6 is 0 Å². The van der Waals surface area contributed by atoms with Crippen molar-refractivity contribution in [3.8, 4) is 17.3 Å². The Bertz CT molecular complexity index is 1710. The van der Waals surface area contributed by atoms with Crippen molar-refractivity contribution < 1.29 is 17.2 Å². The van der Waals surface area contributed by atoms with Crippen molar-refractivity contribution in [3.05, 3.63) is 77.2 Å². The van der Waals surface area contributed by atoms with E-state index in [9.17, 15) is 12.8 Å². The van der Waals surface area contributed by atoms with Gasteiger partial charge in [-0.15, -0.1) is 0 Å². The molecular weight excluding hydrogens is 548 g/mol. The Morgan fingerprint density at radius 3 is 2.63 bits per heavy atom. The molecule has 4 aromatic rings. The molecule has 3 heterocycles. The second-order valence-corrected chi connectivity index (χ2v) is 11.8. The van der Waals surface area contributed by atoms with E-state index in [1.807, 2.05) is 19.1 Å². The van der Waals surface area contributed by atoms with Gasteiger partial charge in [0, 0.05) is 30.6 Å². The molecule has 1 fully saturated rings. The lowest BCUT2D eigenvalue weighted by molar-refractivity contribution is 0.282. The lowest BCUT2D eigenvalue weighted by Crippen LogP contribution is -2.44. The zero-order valence-corrected chi connectivity index (χ0v) is 23.2. The molecule has 0 unspecified atom stereocenters. The van der Waals surface area contributed by atoms with Crippen LogP contribution in [0.1, 0.15) is 30.0 Å². The summed E-state index contributed by atoms with van der Waals surface area (Å²) in [4.78, 5) is 13.7. The molecule has 0 spiro atoms. The summed E-state index contributed by atoms with van der Waals surface area (Å²) in [6.45, 7) is 2.97. The number of halogens is 2. The number of sulfonamides is 1. The van der Waals surface area contributed by atoms with E-state index in [1.54, 1.807) is 24.4 Å². The Balaban J connectivity index is 1.34. The number of nitrogens with zero attached hydrogens (tertiary/aromatic N) is 4. The maximum Gasteiger partial charge on any atom is 0.237 e. The van der Waals surface area contributed by atoms with Gasteiger partial charge in [0.05, 0.1) is 47.2 Å². The molecule has 2 aromatic heterocycles. The summed E-state index contributed by atoms with van der Waals surface area (Å²) in [5.41, 5.74) is 3.81. The molecule has 2 aromatic carbocycles. The van der Waals surface area contributed by atoms with Crippen LogP contribution in [-0.2, 0) is 22.2 Å². The van der Waals surface area contributed by atoms with Gasteiger partial charge in [-0.1, -0.05) is 25.1 Å². The average molecular weight is 578 g/mol. The van der Waals surface area contributed by atoms with Gasteiger partial charge in [-0.05, 0) is 54.3 Å².